The third kappa shape index (κ3) is 2.23. The van der Waals surface area contributed by atoms with Crippen molar-refractivity contribution < 1.29 is 9.53 Å². The smallest absolute Gasteiger partial charge is 0.239 e. The van der Waals surface area contributed by atoms with Crippen molar-refractivity contribution in [3.05, 3.63) is 0 Å². The molecule has 0 aromatic rings. The molecular weight excluding hydrogens is 204 g/mol. The number of carbonyl (C=O) groups is 1. The highest BCUT2D eigenvalue weighted by atomic mass is 16.5. The van der Waals surface area contributed by atoms with Crippen LogP contribution in [0, 0.1) is 0 Å². The molecule has 1 saturated heterocycles. The minimum atomic E-state index is -0.0827. The normalized spacial score (nSPS) is 32.0. The summed E-state index contributed by atoms with van der Waals surface area (Å²) in [4.78, 5) is 14.2. The van der Waals surface area contributed by atoms with E-state index in [9.17, 15) is 4.79 Å². The van der Waals surface area contributed by atoms with Crippen LogP contribution in [0.4, 0.5) is 0 Å². The van der Waals surface area contributed by atoms with E-state index in [1.807, 2.05) is 18.9 Å². The topological polar surface area (TPSA) is 41.6 Å². The summed E-state index contributed by atoms with van der Waals surface area (Å²) in [6.07, 6.45) is 4.97. The number of amides is 1. The van der Waals surface area contributed by atoms with E-state index in [2.05, 4.69) is 5.32 Å². The average molecular weight is 226 g/mol. The van der Waals surface area contributed by atoms with Gasteiger partial charge in [0.05, 0.1) is 24.8 Å². The lowest BCUT2D eigenvalue weighted by atomic mass is 9.90. The number of likely N-dealkylation sites (N-methyl/N-ethyl adjacent to an activating group) is 1. The second kappa shape index (κ2) is 5.15. The molecule has 4 nitrogen and oxygen atoms in total. The molecule has 1 aliphatic carbocycles. The Hall–Kier alpha value is -0.610. The highest BCUT2D eigenvalue weighted by Gasteiger charge is 2.37. The van der Waals surface area contributed by atoms with Gasteiger partial charge in [-0.3, -0.25) is 4.79 Å². The van der Waals surface area contributed by atoms with Gasteiger partial charge in [0.25, 0.3) is 0 Å². The van der Waals surface area contributed by atoms with Crippen molar-refractivity contribution in [2.45, 2.75) is 50.8 Å². The molecule has 1 amide bonds. The van der Waals surface area contributed by atoms with Crippen LogP contribution < -0.4 is 5.32 Å². The summed E-state index contributed by atoms with van der Waals surface area (Å²) in [5, 5.41) is 3.03. The van der Waals surface area contributed by atoms with Crippen LogP contribution in [0.5, 0.6) is 0 Å². The molecule has 3 atom stereocenters. The molecule has 92 valence electrons. The Kier molecular flexibility index (Phi) is 3.82. The standard InChI is InChI=1S/C12H22N2O2/c1-9(13-2)12(15)14-7-8-16-11-6-4-3-5-10(11)14/h9-11,13H,3-8H2,1-2H3. The van der Waals surface area contributed by atoms with Gasteiger partial charge in [0.2, 0.25) is 5.91 Å². The zero-order chi connectivity index (χ0) is 11.5. The predicted octanol–water partition coefficient (Wildman–Crippen LogP) is 0.764. The van der Waals surface area contributed by atoms with Crippen LogP contribution >= 0.6 is 0 Å². The Bertz CT molecular complexity index is 255. The van der Waals surface area contributed by atoms with Gasteiger partial charge in [-0.15, -0.1) is 0 Å². The zero-order valence-corrected chi connectivity index (χ0v) is 10.2. The van der Waals surface area contributed by atoms with E-state index >= 15 is 0 Å². The van der Waals surface area contributed by atoms with Gasteiger partial charge in [-0.05, 0) is 26.8 Å². The monoisotopic (exact) mass is 226 g/mol. The maximum absolute atomic E-state index is 12.2. The van der Waals surface area contributed by atoms with Crippen molar-refractivity contribution in [2.24, 2.45) is 0 Å². The predicted molar refractivity (Wildman–Crippen MR) is 62.2 cm³/mol. The van der Waals surface area contributed by atoms with Gasteiger partial charge in [-0.25, -0.2) is 0 Å². The van der Waals surface area contributed by atoms with E-state index in [0.717, 1.165) is 19.4 Å². The largest absolute Gasteiger partial charge is 0.374 e. The van der Waals surface area contributed by atoms with Gasteiger partial charge in [-0.1, -0.05) is 12.8 Å². The molecule has 4 heteroatoms. The van der Waals surface area contributed by atoms with Crippen LogP contribution in [0.2, 0.25) is 0 Å². The molecule has 1 saturated carbocycles. The lowest BCUT2D eigenvalue weighted by Gasteiger charge is -2.44. The Morgan fingerprint density at radius 2 is 2.19 bits per heavy atom. The number of hydrogen-bond donors (Lipinski definition) is 1. The van der Waals surface area contributed by atoms with E-state index < -0.39 is 0 Å². The number of rotatable bonds is 2. The van der Waals surface area contributed by atoms with Crippen LogP contribution in [-0.4, -0.2) is 49.2 Å². The number of ether oxygens (including phenoxy) is 1. The summed E-state index contributed by atoms with van der Waals surface area (Å²) in [5.41, 5.74) is 0. The Labute approximate surface area is 97.3 Å². The van der Waals surface area contributed by atoms with Crippen molar-refractivity contribution in [3.63, 3.8) is 0 Å². The molecule has 0 aromatic heterocycles. The van der Waals surface area contributed by atoms with Crippen LogP contribution in [0.3, 0.4) is 0 Å². The van der Waals surface area contributed by atoms with E-state index in [1.165, 1.54) is 12.8 Å². The van der Waals surface area contributed by atoms with Crippen molar-refractivity contribution >= 4 is 5.91 Å². The molecule has 2 fully saturated rings. The first-order chi connectivity index (χ1) is 7.74. The van der Waals surface area contributed by atoms with Crippen LogP contribution in [0.25, 0.3) is 0 Å². The number of nitrogens with zero attached hydrogens (tertiary/aromatic N) is 1. The summed E-state index contributed by atoms with van der Waals surface area (Å²) in [6, 6.07) is 0.242. The highest BCUT2D eigenvalue weighted by molar-refractivity contribution is 5.81. The Morgan fingerprint density at radius 3 is 2.94 bits per heavy atom. The van der Waals surface area contributed by atoms with Crippen LogP contribution in [0.15, 0.2) is 0 Å². The van der Waals surface area contributed by atoms with Gasteiger partial charge in [0.1, 0.15) is 0 Å². The van der Waals surface area contributed by atoms with Crippen molar-refractivity contribution in [1.82, 2.24) is 10.2 Å². The van der Waals surface area contributed by atoms with E-state index in [0.29, 0.717) is 12.6 Å². The fraction of sp³-hybridized carbons (Fsp3) is 0.917. The van der Waals surface area contributed by atoms with Crippen LogP contribution in [0.1, 0.15) is 32.6 Å². The van der Waals surface area contributed by atoms with E-state index in [1.54, 1.807) is 0 Å². The summed E-state index contributed by atoms with van der Waals surface area (Å²) in [5.74, 6) is 0.225. The van der Waals surface area contributed by atoms with E-state index in [-0.39, 0.29) is 18.1 Å². The SMILES string of the molecule is CNC(C)C(=O)N1CCOC2CCCCC21. The van der Waals surface area contributed by atoms with Crippen LogP contribution in [-0.2, 0) is 9.53 Å². The molecule has 16 heavy (non-hydrogen) atoms. The maximum Gasteiger partial charge on any atom is 0.239 e. The molecule has 0 aromatic carbocycles. The molecule has 1 aliphatic heterocycles. The molecule has 0 bridgehead atoms. The second-order valence-electron chi connectivity index (χ2n) is 4.80. The van der Waals surface area contributed by atoms with E-state index in [4.69, 9.17) is 4.74 Å². The second-order valence-corrected chi connectivity index (χ2v) is 4.80. The molecule has 0 spiro atoms. The summed E-state index contributed by atoms with van der Waals surface area (Å²) >= 11 is 0. The fourth-order valence-electron chi connectivity index (χ4n) is 2.74. The Morgan fingerprint density at radius 1 is 1.44 bits per heavy atom. The van der Waals surface area contributed by atoms with Crippen molar-refractivity contribution in [2.75, 3.05) is 20.2 Å². The van der Waals surface area contributed by atoms with Gasteiger partial charge in [-0.2, -0.15) is 0 Å². The summed E-state index contributed by atoms with van der Waals surface area (Å²) in [7, 11) is 1.83. The highest BCUT2D eigenvalue weighted by Crippen LogP contribution is 2.28. The van der Waals surface area contributed by atoms with Gasteiger partial charge < -0.3 is 15.0 Å². The molecule has 2 rings (SSSR count). The first-order valence-electron chi connectivity index (χ1n) is 6.33. The Balaban J connectivity index is 2.04. The third-order valence-corrected chi connectivity index (χ3v) is 3.82. The number of carbonyl (C=O) groups excluding carboxylic acids is 1. The lowest BCUT2D eigenvalue weighted by Crippen LogP contribution is -2.58. The number of hydrogen-bond acceptors (Lipinski definition) is 3. The quantitative estimate of drug-likeness (QED) is 0.756. The lowest BCUT2D eigenvalue weighted by molar-refractivity contribution is -0.151. The van der Waals surface area contributed by atoms with Gasteiger partial charge in [0, 0.05) is 6.54 Å². The molecular formula is C12H22N2O2. The fourth-order valence-corrected chi connectivity index (χ4v) is 2.74. The summed E-state index contributed by atoms with van der Waals surface area (Å²) in [6.45, 7) is 3.38. The molecule has 1 heterocycles. The maximum atomic E-state index is 12.2. The third-order valence-electron chi connectivity index (χ3n) is 3.82. The van der Waals surface area contributed by atoms with Crippen molar-refractivity contribution in [1.29, 1.82) is 0 Å². The molecule has 0 radical (unpaired) electrons. The molecule has 3 unspecified atom stereocenters. The minimum Gasteiger partial charge on any atom is -0.374 e. The summed E-state index contributed by atoms with van der Waals surface area (Å²) < 4.78 is 5.76. The number of fused-ring (bicyclic) bond motifs is 1. The first-order valence-corrected chi connectivity index (χ1v) is 6.33. The number of nitrogens with one attached hydrogen (secondary N) is 1. The average Bonchev–Trinajstić information content (AvgIpc) is 2.36. The first kappa shape index (κ1) is 11.9. The minimum absolute atomic E-state index is 0.0827. The number of morpholine rings is 1. The van der Waals surface area contributed by atoms with Gasteiger partial charge in [0.15, 0.2) is 0 Å². The molecule has 2 aliphatic rings. The molecule has 1 N–H and O–H groups in total. The van der Waals surface area contributed by atoms with Gasteiger partial charge >= 0.3 is 0 Å². The van der Waals surface area contributed by atoms with Crippen molar-refractivity contribution in [3.8, 4) is 0 Å². The zero-order valence-electron chi connectivity index (χ0n) is 10.2.